The molecule has 0 amide bonds. The number of carbonyl (C=O) groups is 1. The summed E-state index contributed by atoms with van der Waals surface area (Å²) in [4.78, 5) is 11.1. The first-order chi connectivity index (χ1) is 6.81. The monoisotopic (exact) mass is 198 g/mol. The number of unbranched alkanes of at least 4 members (excludes halogenated alkanes) is 5. The lowest BCUT2D eigenvalue weighted by molar-refractivity contribution is -0.114. The van der Waals surface area contributed by atoms with Gasteiger partial charge in [-0.05, 0) is 12.5 Å². The standard InChI is InChI=1S/C12H22O2/c1-2-3-4-5-6-7-9-12(14)10-8-11-13/h8,10,13H,2-7,9,11H2,1H3/b10-8+. The maximum absolute atomic E-state index is 11.1. The third-order valence-electron chi connectivity index (χ3n) is 2.19. The van der Waals surface area contributed by atoms with Gasteiger partial charge in [-0.2, -0.15) is 0 Å². The van der Waals surface area contributed by atoms with Gasteiger partial charge in [0.2, 0.25) is 0 Å². The van der Waals surface area contributed by atoms with Crippen molar-refractivity contribution in [3.8, 4) is 0 Å². The smallest absolute Gasteiger partial charge is 0.155 e. The van der Waals surface area contributed by atoms with E-state index in [-0.39, 0.29) is 12.4 Å². The molecule has 2 nitrogen and oxygen atoms in total. The molecule has 0 unspecified atom stereocenters. The molecular weight excluding hydrogens is 176 g/mol. The van der Waals surface area contributed by atoms with Crippen LogP contribution in [0.5, 0.6) is 0 Å². The number of hydrogen-bond acceptors (Lipinski definition) is 2. The highest BCUT2D eigenvalue weighted by atomic mass is 16.2. The van der Waals surface area contributed by atoms with E-state index in [1.54, 1.807) is 0 Å². The minimum absolute atomic E-state index is 0.0394. The first-order valence-corrected chi connectivity index (χ1v) is 5.61. The highest BCUT2D eigenvalue weighted by Gasteiger charge is 1.96. The van der Waals surface area contributed by atoms with E-state index in [0.29, 0.717) is 6.42 Å². The average molecular weight is 198 g/mol. The van der Waals surface area contributed by atoms with Crippen molar-refractivity contribution in [3.05, 3.63) is 12.2 Å². The SMILES string of the molecule is CCCCCCCCC(=O)/C=C/CO. The van der Waals surface area contributed by atoms with Crippen LogP contribution in [0.25, 0.3) is 0 Å². The molecule has 0 fully saturated rings. The minimum Gasteiger partial charge on any atom is -0.392 e. The molecule has 0 aliphatic carbocycles. The van der Waals surface area contributed by atoms with Crippen molar-refractivity contribution in [3.63, 3.8) is 0 Å². The van der Waals surface area contributed by atoms with Gasteiger partial charge in [0, 0.05) is 6.42 Å². The third-order valence-corrected chi connectivity index (χ3v) is 2.19. The molecule has 0 heterocycles. The van der Waals surface area contributed by atoms with E-state index in [4.69, 9.17) is 5.11 Å². The van der Waals surface area contributed by atoms with Crippen molar-refractivity contribution in [1.82, 2.24) is 0 Å². The van der Waals surface area contributed by atoms with E-state index in [1.807, 2.05) is 0 Å². The molecule has 0 saturated carbocycles. The maximum Gasteiger partial charge on any atom is 0.155 e. The number of hydrogen-bond donors (Lipinski definition) is 1. The van der Waals surface area contributed by atoms with Gasteiger partial charge in [-0.1, -0.05) is 45.1 Å². The summed E-state index contributed by atoms with van der Waals surface area (Å²) in [5.41, 5.74) is 0. The van der Waals surface area contributed by atoms with Crippen LogP contribution in [0, 0.1) is 0 Å². The van der Waals surface area contributed by atoms with Crippen molar-refractivity contribution in [2.24, 2.45) is 0 Å². The zero-order valence-electron chi connectivity index (χ0n) is 9.17. The summed E-state index contributed by atoms with van der Waals surface area (Å²) in [5, 5.41) is 8.44. The fraction of sp³-hybridized carbons (Fsp3) is 0.750. The second-order valence-corrected chi connectivity index (χ2v) is 3.57. The van der Waals surface area contributed by atoms with E-state index in [1.165, 1.54) is 37.8 Å². The molecule has 0 rings (SSSR count). The largest absolute Gasteiger partial charge is 0.392 e. The maximum atomic E-state index is 11.1. The molecule has 0 radical (unpaired) electrons. The second-order valence-electron chi connectivity index (χ2n) is 3.57. The molecule has 0 bridgehead atoms. The molecule has 0 aromatic carbocycles. The Morgan fingerprint density at radius 1 is 1.14 bits per heavy atom. The van der Waals surface area contributed by atoms with E-state index in [9.17, 15) is 4.79 Å². The third kappa shape index (κ3) is 9.46. The van der Waals surface area contributed by atoms with Crippen molar-refractivity contribution < 1.29 is 9.90 Å². The molecule has 14 heavy (non-hydrogen) atoms. The molecule has 0 spiro atoms. The van der Waals surface area contributed by atoms with Crippen LogP contribution >= 0.6 is 0 Å². The lowest BCUT2D eigenvalue weighted by Crippen LogP contribution is -1.93. The molecule has 0 saturated heterocycles. The Morgan fingerprint density at radius 2 is 1.79 bits per heavy atom. The molecule has 0 aromatic heterocycles. The van der Waals surface area contributed by atoms with E-state index >= 15 is 0 Å². The quantitative estimate of drug-likeness (QED) is 0.457. The van der Waals surface area contributed by atoms with Crippen LogP contribution < -0.4 is 0 Å². The molecule has 0 atom stereocenters. The first-order valence-electron chi connectivity index (χ1n) is 5.61. The van der Waals surface area contributed by atoms with Gasteiger partial charge in [-0.3, -0.25) is 4.79 Å². The van der Waals surface area contributed by atoms with Crippen molar-refractivity contribution >= 4 is 5.78 Å². The van der Waals surface area contributed by atoms with Crippen LogP contribution in [0.3, 0.4) is 0 Å². The Bertz CT molecular complexity index is 162. The van der Waals surface area contributed by atoms with Crippen LogP contribution in [0.4, 0.5) is 0 Å². The van der Waals surface area contributed by atoms with Crippen LogP contribution in [0.2, 0.25) is 0 Å². The van der Waals surface area contributed by atoms with Gasteiger partial charge >= 0.3 is 0 Å². The summed E-state index contributed by atoms with van der Waals surface area (Å²) >= 11 is 0. The molecule has 1 N–H and O–H groups in total. The Balaban J connectivity index is 3.19. The predicted octanol–water partition coefficient (Wildman–Crippen LogP) is 2.85. The van der Waals surface area contributed by atoms with E-state index < -0.39 is 0 Å². The number of aliphatic hydroxyl groups excluding tert-OH is 1. The highest BCUT2D eigenvalue weighted by molar-refractivity contribution is 5.89. The normalized spacial score (nSPS) is 11.0. The van der Waals surface area contributed by atoms with Gasteiger partial charge in [0.25, 0.3) is 0 Å². The Kier molecular flexibility index (Phi) is 9.98. The van der Waals surface area contributed by atoms with Gasteiger partial charge < -0.3 is 5.11 Å². The molecule has 2 heteroatoms. The number of aliphatic hydroxyl groups is 1. The molecule has 82 valence electrons. The fourth-order valence-corrected chi connectivity index (χ4v) is 1.35. The van der Waals surface area contributed by atoms with Gasteiger partial charge in [-0.15, -0.1) is 0 Å². The number of rotatable bonds is 9. The van der Waals surface area contributed by atoms with Crippen LogP contribution in [0.15, 0.2) is 12.2 Å². The van der Waals surface area contributed by atoms with Crippen LogP contribution in [0.1, 0.15) is 51.9 Å². The molecular formula is C12H22O2. The van der Waals surface area contributed by atoms with E-state index in [2.05, 4.69) is 6.92 Å². The van der Waals surface area contributed by atoms with E-state index in [0.717, 1.165) is 12.8 Å². The number of ketones is 1. The van der Waals surface area contributed by atoms with Gasteiger partial charge in [0.1, 0.15) is 0 Å². The molecule has 0 aromatic rings. The highest BCUT2D eigenvalue weighted by Crippen LogP contribution is 2.07. The topological polar surface area (TPSA) is 37.3 Å². The summed E-state index contributed by atoms with van der Waals surface area (Å²) in [6.07, 6.45) is 10.8. The summed E-state index contributed by atoms with van der Waals surface area (Å²) in [7, 11) is 0. The Morgan fingerprint density at radius 3 is 2.43 bits per heavy atom. The summed E-state index contributed by atoms with van der Waals surface area (Å²) in [6.45, 7) is 2.16. The zero-order valence-corrected chi connectivity index (χ0v) is 9.17. The van der Waals surface area contributed by atoms with Crippen molar-refractivity contribution in [2.75, 3.05) is 6.61 Å². The lowest BCUT2D eigenvalue weighted by atomic mass is 10.1. The van der Waals surface area contributed by atoms with Gasteiger partial charge in [0.05, 0.1) is 6.61 Å². The fourth-order valence-electron chi connectivity index (χ4n) is 1.35. The minimum atomic E-state index is -0.0394. The van der Waals surface area contributed by atoms with Gasteiger partial charge in [0.15, 0.2) is 5.78 Å². The van der Waals surface area contributed by atoms with Crippen molar-refractivity contribution in [2.45, 2.75) is 51.9 Å². The first kappa shape index (κ1) is 13.4. The van der Waals surface area contributed by atoms with Crippen molar-refractivity contribution in [1.29, 1.82) is 0 Å². The molecule has 0 aliphatic rings. The zero-order chi connectivity index (χ0) is 10.6. The summed E-state index contributed by atoms with van der Waals surface area (Å²) < 4.78 is 0. The number of allylic oxidation sites excluding steroid dienone is 1. The second kappa shape index (κ2) is 10.5. The average Bonchev–Trinajstić information content (AvgIpc) is 2.20. The summed E-state index contributed by atoms with van der Waals surface area (Å²) in [5.74, 6) is 0.134. The van der Waals surface area contributed by atoms with Crippen LogP contribution in [-0.2, 0) is 4.79 Å². The van der Waals surface area contributed by atoms with Crippen LogP contribution in [-0.4, -0.2) is 17.5 Å². The summed E-state index contributed by atoms with van der Waals surface area (Å²) in [6, 6.07) is 0. The predicted molar refractivity (Wildman–Crippen MR) is 59.2 cm³/mol. The number of carbonyl (C=O) groups excluding carboxylic acids is 1. The lowest BCUT2D eigenvalue weighted by Gasteiger charge is -1.98. The Hall–Kier alpha value is -0.630. The molecule has 0 aliphatic heterocycles. The Labute approximate surface area is 87.0 Å². The van der Waals surface area contributed by atoms with Gasteiger partial charge in [-0.25, -0.2) is 0 Å².